The van der Waals surface area contributed by atoms with E-state index in [1.54, 1.807) is 18.5 Å². The lowest BCUT2D eigenvalue weighted by Crippen LogP contribution is -2.47. The molecule has 0 aliphatic carbocycles. The molecule has 0 atom stereocenters. The maximum Gasteiger partial charge on any atom is 0.270 e. The normalized spacial score (nSPS) is 14.7. The van der Waals surface area contributed by atoms with Crippen LogP contribution in [-0.4, -0.2) is 65.0 Å². The summed E-state index contributed by atoms with van der Waals surface area (Å²) in [6.07, 6.45) is 4.32. The van der Waals surface area contributed by atoms with Gasteiger partial charge in [0.1, 0.15) is 0 Å². The second-order valence-corrected chi connectivity index (χ2v) is 6.29. The molecule has 1 fully saturated rings. The summed E-state index contributed by atoms with van der Waals surface area (Å²) < 4.78 is 0. The Bertz CT molecular complexity index is 778. The Labute approximate surface area is 157 Å². The van der Waals surface area contributed by atoms with E-state index in [0.29, 0.717) is 12.1 Å². The van der Waals surface area contributed by atoms with Gasteiger partial charge in [0.2, 0.25) is 5.95 Å². The zero-order chi connectivity index (χ0) is 19.1. The van der Waals surface area contributed by atoms with Gasteiger partial charge in [-0.1, -0.05) is 6.07 Å². The second-order valence-electron chi connectivity index (χ2n) is 6.29. The number of nitrogens with zero attached hydrogens (tertiary/aromatic N) is 5. The molecule has 1 N–H and O–H groups in total. The van der Waals surface area contributed by atoms with Crippen LogP contribution in [0.2, 0.25) is 0 Å². The molecule has 0 bridgehead atoms. The third kappa shape index (κ3) is 5.20. The number of rotatable bonds is 7. The fourth-order valence-electron chi connectivity index (χ4n) is 2.99. The van der Waals surface area contributed by atoms with Crippen molar-refractivity contribution in [1.29, 1.82) is 0 Å². The third-order valence-corrected chi connectivity index (χ3v) is 4.46. The fraction of sp³-hybridized carbons (Fsp3) is 0.389. The van der Waals surface area contributed by atoms with E-state index in [2.05, 4.69) is 25.1 Å². The molecule has 1 aromatic carbocycles. The molecule has 1 saturated heterocycles. The van der Waals surface area contributed by atoms with Crippen LogP contribution < -0.4 is 10.2 Å². The molecule has 0 radical (unpaired) electrons. The van der Waals surface area contributed by atoms with Crippen LogP contribution in [0.1, 0.15) is 16.8 Å². The topological polar surface area (TPSA) is 104 Å². The first kappa shape index (κ1) is 18.7. The fourth-order valence-corrected chi connectivity index (χ4v) is 2.99. The van der Waals surface area contributed by atoms with Gasteiger partial charge in [0.05, 0.1) is 4.92 Å². The van der Waals surface area contributed by atoms with E-state index in [1.807, 2.05) is 6.07 Å². The molecule has 0 saturated carbocycles. The Kier molecular flexibility index (Phi) is 6.26. The third-order valence-electron chi connectivity index (χ3n) is 4.46. The smallest absolute Gasteiger partial charge is 0.270 e. The van der Waals surface area contributed by atoms with Crippen LogP contribution in [-0.2, 0) is 0 Å². The highest BCUT2D eigenvalue weighted by Crippen LogP contribution is 2.13. The molecule has 9 nitrogen and oxygen atoms in total. The van der Waals surface area contributed by atoms with E-state index >= 15 is 0 Å². The molecule has 2 aromatic rings. The number of aromatic nitrogens is 2. The highest BCUT2D eigenvalue weighted by atomic mass is 16.6. The zero-order valence-corrected chi connectivity index (χ0v) is 15.0. The lowest BCUT2D eigenvalue weighted by Gasteiger charge is -2.34. The number of amides is 1. The number of benzene rings is 1. The standard InChI is InChI=1S/C18H22N6O3/c25-17(15-4-1-5-16(14-15)24(26)27)19-8-3-9-22-10-12-23(13-11-22)18-20-6-2-7-21-18/h1-2,4-7,14H,3,8-13H2,(H,19,25). The number of hydrogen-bond donors (Lipinski definition) is 1. The van der Waals surface area contributed by atoms with E-state index in [0.717, 1.165) is 45.1 Å². The van der Waals surface area contributed by atoms with Gasteiger partial charge < -0.3 is 10.2 Å². The molecule has 1 aromatic heterocycles. The van der Waals surface area contributed by atoms with Crippen molar-refractivity contribution in [2.45, 2.75) is 6.42 Å². The lowest BCUT2D eigenvalue weighted by atomic mass is 10.2. The summed E-state index contributed by atoms with van der Waals surface area (Å²) in [6.45, 7) is 5.03. The predicted molar refractivity (Wildman–Crippen MR) is 101 cm³/mol. The minimum atomic E-state index is -0.503. The van der Waals surface area contributed by atoms with Crippen molar-refractivity contribution in [3.63, 3.8) is 0 Å². The minimum absolute atomic E-state index is 0.0806. The van der Waals surface area contributed by atoms with Crippen LogP contribution in [0.5, 0.6) is 0 Å². The van der Waals surface area contributed by atoms with Crippen molar-refractivity contribution >= 4 is 17.5 Å². The molecule has 1 amide bonds. The van der Waals surface area contributed by atoms with Crippen LogP contribution in [0, 0.1) is 10.1 Å². The van der Waals surface area contributed by atoms with Crippen LogP contribution in [0.15, 0.2) is 42.7 Å². The van der Waals surface area contributed by atoms with Gasteiger partial charge in [-0.3, -0.25) is 19.8 Å². The van der Waals surface area contributed by atoms with Crippen molar-refractivity contribution in [1.82, 2.24) is 20.2 Å². The van der Waals surface area contributed by atoms with Crippen LogP contribution >= 0.6 is 0 Å². The van der Waals surface area contributed by atoms with Gasteiger partial charge in [0.15, 0.2) is 0 Å². The molecule has 9 heteroatoms. The molecule has 1 aliphatic rings. The van der Waals surface area contributed by atoms with Crippen molar-refractivity contribution < 1.29 is 9.72 Å². The average Bonchev–Trinajstić information content (AvgIpc) is 2.72. The Morgan fingerprint density at radius 3 is 2.59 bits per heavy atom. The maximum absolute atomic E-state index is 12.1. The Morgan fingerprint density at radius 2 is 1.89 bits per heavy atom. The van der Waals surface area contributed by atoms with Gasteiger partial charge in [0.25, 0.3) is 11.6 Å². The van der Waals surface area contributed by atoms with Gasteiger partial charge in [-0.15, -0.1) is 0 Å². The molecule has 1 aliphatic heterocycles. The number of carbonyl (C=O) groups excluding carboxylic acids is 1. The molecular formula is C18H22N6O3. The molecular weight excluding hydrogens is 348 g/mol. The summed E-state index contributed by atoms with van der Waals surface area (Å²) >= 11 is 0. The Morgan fingerprint density at radius 1 is 1.15 bits per heavy atom. The number of nitrogens with one attached hydrogen (secondary N) is 1. The average molecular weight is 370 g/mol. The highest BCUT2D eigenvalue weighted by Gasteiger charge is 2.18. The monoisotopic (exact) mass is 370 g/mol. The summed E-state index contributed by atoms with van der Waals surface area (Å²) in [4.78, 5) is 35.4. The van der Waals surface area contributed by atoms with E-state index in [4.69, 9.17) is 0 Å². The van der Waals surface area contributed by atoms with Gasteiger partial charge in [-0.2, -0.15) is 0 Å². The molecule has 0 unspecified atom stereocenters. The number of nitro benzene ring substituents is 1. The van der Waals surface area contributed by atoms with Crippen molar-refractivity contribution in [3.8, 4) is 0 Å². The molecule has 3 rings (SSSR count). The summed E-state index contributed by atoms with van der Waals surface area (Å²) in [7, 11) is 0. The highest BCUT2D eigenvalue weighted by molar-refractivity contribution is 5.94. The number of non-ortho nitro benzene ring substituents is 1. The van der Waals surface area contributed by atoms with Crippen LogP contribution in [0.25, 0.3) is 0 Å². The van der Waals surface area contributed by atoms with Crippen LogP contribution in [0.4, 0.5) is 11.6 Å². The maximum atomic E-state index is 12.1. The number of hydrogen-bond acceptors (Lipinski definition) is 7. The summed E-state index contributed by atoms with van der Waals surface area (Å²) in [6, 6.07) is 7.56. The predicted octanol–water partition coefficient (Wildman–Crippen LogP) is 1.33. The van der Waals surface area contributed by atoms with Crippen molar-refractivity contribution in [3.05, 3.63) is 58.4 Å². The quantitative estimate of drug-likeness (QED) is 0.445. The molecule has 0 spiro atoms. The minimum Gasteiger partial charge on any atom is -0.352 e. The Balaban J connectivity index is 1.37. The number of nitro groups is 1. The summed E-state index contributed by atoms with van der Waals surface area (Å²) in [5.74, 6) is 0.478. The van der Waals surface area contributed by atoms with E-state index < -0.39 is 4.92 Å². The van der Waals surface area contributed by atoms with E-state index in [1.165, 1.54) is 18.2 Å². The number of piperazine rings is 1. The van der Waals surface area contributed by atoms with E-state index in [9.17, 15) is 14.9 Å². The first-order valence-electron chi connectivity index (χ1n) is 8.90. The summed E-state index contributed by atoms with van der Waals surface area (Å²) in [5, 5.41) is 13.6. The lowest BCUT2D eigenvalue weighted by molar-refractivity contribution is -0.384. The van der Waals surface area contributed by atoms with Gasteiger partial charge >= 0.3 is 0 Å². The number of carbonyl (C=O) groups is 1. The largest absolute Gasteiger partial charge is 0.352 e. The van der Waals surface area contributed by atoms with Crippen molar-refractivity contribution in [2.24, 2.45) is 0 Å². The van der Waals surface area contributed by atoms with Gasteiger partial charge in [0, 0.05) is 62.8 Å². The Hall–Kier alpha value is -3.07. The van der Waals surface area contributed by atoms with E-state index in [-0.39, 0.29) is 11.6 Å². The second kappa shape index (κ2) is 9.04. The van der Waals surface area contributed by atoms with Crippen molar-refractivity contribution in [2.75, 3.05) is 44.2 Å². The first-order valence-corrected chi connectivity index (χ1v) is 8.90. The summed E-state index contributed by atoms with van der Waals surface area (Å²) in [5.41, 5.74) is 0.226. The number of anilines is 1. The van der Waals surface area contributed by atoms with Gasteiger partial charge in [-0.25, -0.2) is 9.97 Å². The molecule has 142 valence electrons. The molecule has 2 heterocycles. The molecule has 27 heavy (non-hydrogen) atoms. The first-order chi connectivity index (χ1) is 13.1. The van der Waals surface area contributed by atoms with Crippen LogP contribution in [0.3, 0.4) is 0 Å². The van der Waals surface area contributed by atoms with Gasteiger partial charge in [-0.05, 0) is 25.1 Å². The SMILES string of the molecule is O=C(NCCCN1CCN(c2ncccn2)CC1)c1cccc([N+](=O)[O-])c1. The zero-order valence-electron chi connectivity index (χ0n) is 15.0.